The van der Waals surface area contributed by atoms with Crippen LogP contribution in [-0.4, -0.2) is 53.6 Å². The quantitative estimate of drug-likeness (QED) is 0.829. The molecule has 2 rings (SSSR count). The summed E-state index contributed by atoms with van der Waals surface area (Å²) in [7, 11) is 1.81. The molecule has 5 heteroatoms. The second-order valence-electron chi connectivity index (χ2n) is 5.72. The van der Waals surface area contributed by atoms with Crippen LogP contribution in [0.5, 0.6) is 0 Å². The molecule has 1 atom stereocenters. The number of amides is 2. The van der Waals surface area contributed by atoms with Crippen molar-refractivity contribution in [1.29, 1.82) is 0 Å². The first-order valence-electron chi connectivity index (χ1n) is 6.72. The average molecular weight is 254 g/mol. The Labute approximate surface area is 108 Å². The predicted molar refractivity (Wildman–Crippen MR) is 67.3 cm³/mol. The van der Waals surface area contributed by atoms with E-state index in [9.17, 15) is 14.7 Å². The van der Waals surface area contributed by atoms with Gasteiger partial charge < -0.3 is 14.9 Å². The zero-order valence-electron chi connectivity index (χ0n) is 11.2. The van der Waals surface area contributed by atoms with Gasteiger partial charge in [-0.2, -0.15) is 0 Å². The Hall–Kier alpha value is -1.26. The fourth-order valence-electron chi connectivity index (χ4n) is 2.66. The first-order chi connectivity index (χ1) is 8.48. The van der Waals surface area contributed by atoms with E-state index in [1.807, 2.05) is 14.0 Å². The SMILES string of the molecule is CCC1(C(=O)O)CCN(C(=O)N(C)CC2CC2)C1. The van der Waals surface area contributed by atoms with Crippen LogP contribution in [0.25, 0.3) is 0 Å². The first-order valence-corrected chi connectivity index (χ1v) is 6.72. The molecule has 1 saturated carbocycles. The molecule has 0 aromatic carbocycles. The highest BCUT2D eigenvalue weighted by Crippen LogP contribution is 2.35. The Balaban J connectivity index is 1.94. The number of hydrogen-bond donors (Lipinski definition) is 1. The van der Waals surface area contributed by atoms with Crippen molar-refractivity contribution < 1.29 is 14.7 Å². The van der Waals surface area contributed by atoms with Crippen molar-refractivity contribution in [2.45, 2.75) is 32.6 Å². The molecule has 2 amide bonds. The zero-order chi connectivity index (χ0) is 13.3. The van der Waals surface area contributed by atoms with Gasteiger partial charge >= 0.3 is 12.0 Å². The van der Waals surface area contributed by atoms with E-state index in [1.165, 1.54) is 12.8 Å². The van der Waals surface area contributed by atoms with Crippen LogP contribution >= 0.6 is 0 Å². The molecule has 18 heavy (non-hydrogen) atoms. The van der Waals surface area contributed by atoms with Crippen molar-refractivity contribution in [3.8, 4) is 0 Å². The summed E-state index contributed by atoms with van der Waals surface area (Å²) in [6.45, 7) is 3.61. The normalized spacial score (nSPS) is 27.3. The highest BCUT2D eigenvalue weighted by molar-refractivity contribution is 5.79. The Morgan fingerprint density at radius 3 is 2.56 bits per heavy atom. The van der Waals surface area contributed by atoms with Crippen LogP contribution in [0.15, 0.2) is 0 Å². The minimum Gasteiger partial charge on any atom is -0.481 e. The molecule has 0 aromatic rings. The Kier molecular flexibility index (Phi) is 3.50. The minimum atomic E-state index is -0.773. The van der Waals surface area contributed by atoms with Gasteiger partial charge in [-0.25, -0.2) is 4.79 Å². The lowest BCUT2D eigenvalue weighted by Gasteiger charge is -2.27. The molecular formula is C13H22N2O3. The molecule has 0 radical (unpaired) electrons. The van der Waals surface area contributed by atoms with Gasteiger partial charge in [-0.3, -0.25) is 4.79 Å². The highest BCUT2D eigenvalue weighted by atomic mass is 16.4. The number of carbonyl (C=O) groups excluding carboxylic acids is 1. The molecule has 0 spiro atoms. The standard InChI is InChI=1S/C13H22N2O3/c1-3-13(11(16)17)6-7-15(9-13)12(18)14(2)8-10-4-5-10/h10H,3-9H2,1-2H3,(H,16,17). The lowest BCUT2D eigenvalue weighted by molar-refractivity contribution is -0.148. The van der Waals surface area contributed by atoms with Crippen molar-refractivity contribution >= 4 is 12.0 Å². The van der Waals surface area contributed by atoms with Crippen molar-refractivity contribution in [1.82, 2.24) is 9.80 Å². The van der Waals surface area contributed by atoms with E-state index in [0.717, 1.165) is 6.54 Å². The summed E-state index contributed by atoms with van der Waals surface area (Å²) < 4.78 is 0. The smallest absolute Gasteiger partial charge is 0.319 e. The van der Waals surface area contributed by atoms with Gasteiger partial charge in [0.25, 0.3) is 0 Å². The molecule has 0 bridgehead atoms. The molecule has 102 valence electrons. The molecule has 2 fully saturated rings. The lowest BCUT2D eigenvalue weighted by Crippen LogP contribution is -2.43. The molecule has 2 aliphatic rings. The zero-order valence-corrected chi connectivity index (χ0v) is 11.2. The summed E-state index contributed by atoms with van der Waals surface area (Å²) in [5, 5.41) is 9.31. The van der Waals surface area contributed by atoms with Gasteiger partial charge in [0.05, 0.1) is 5.41 Å². The van der Waals surface area contributed by atoms with Crippen molar-refractivity contribution in [2.75, 3.05) is 26.7 Å². The van der Waals surface area contributed by atoms with E-state index < -0.39 is 11.4 Å². The van der Waals surface area contributed by atoms with Gasteiger partial charge in [0.2, 0.25) is 0 Å². The van der Waals surface area contributed by atoms with Crippen LogP contribution < -0.4 is 0 Å². The third-order valence-corrected chi connectivity index (χ3v) is 4.31. The van der Waals surface area contributed by atoms with Crippen molar-refractivity contribution in [3.05, 3.63) is 0 Å². The van der Waals surface area contributed by atoms with E-state index in [1.54, 1.807) is 9.80 Å². The molecule has 1 unspecified atom stereocenters. The summed E-state index contributed by atoms with van der Waals surface area (Å²) in [5.41, 5.74) is -0.726. The maximum atomic E-state index is 12.2. The van der Waals surface area contributed by atoms with Crippen LogP contribution in [0, 0.1) is 11.3 Å². The van der Waals surface area contributed by atoms with E-state index in [0.29, 0.717) is 31.8 Å². The van der Waals surface area contributed by atoms with Crippen molar-refractivity contribution in [3.63, 3.8) is 0 Å². The van der Waals surface area contributed by atoms with Gasteiger partial charge in [-0.1, -0.05) is 6.92 Å². The van der Waals surface area contributed by atoms with Crippen molar-refractivity contribution in [2.24, 2.45) is 11.3 Å². The second kappa shape index (κ2) is 4.78. The molecule has 5 nitrogen and oxygen atoms in total. The molecular weight excluding hydrogens is 232 g/mol. The molecule has 1 N–H and O–H groups in total. The van der Waals surface area contributed by atoms with E-state index in [-0.39, 0.29) is 6.03 Å². The summed E-state index contributed by atoms with van der Waals surface area (Å²) in [6.07, 6.45) is 3.58. The van der Waals surface area contributed by atoms with Gasteiger partial charge in [0.1, 0.15) is 0 Å². The number of urea groups is 1. The number of hydrogen-bond acceptors (Lipinski definition) is 2. The molecule has 1 saturated heterocycles. The fraction of sp³-hybridized carbons (Fsp3) is 0.846. The average Bonchev–Trinajstić information content (AvgIpc) is 3.04. The largest absolute Gasteiger partial charge is 0.481 e. The van der Waals surface area contributed by atoms with Crippen LogP contribution in [-0.2, 0) is 4.79 Å². The van der Waals surface area contributed by atoms with Crippen LogP contribution in [0.3, 0.4) is 0 Å². The van der Waals surface area contributed by atoms with Gasteiger partial charge in [0.15, 0.2) is 0 Å². The Morgan fingerprint density at radius 1 is 1.44 bits per heavy atom. The summed E-state index contributed by atoms with van der Waals surface area (Å²) in [5.74, 6) is -0.109. The van der Waals surface area contributed by atoms with Crippen LogP contribution in [0.2, 0.25) is 0 Å². The maximum Gasteiger partial charge on any atom is 0.319 e. The minimum absolute atomic E-state index is 0.0153. The van der Waals surface area contributed by atoms with Gasteiger partial charge in [0, 0.05) is 26.7 Å². The Morgan fingerprint density at radius 2 is 2.11 bits per heavy atom. The number of carboxylic acids is 1. The predicted octanol–water partition coefficient (Wildman–Crippen LogP) is 1.63. The van der Waals surface area contributed by atoms with Crippen LogP contribution in [0.4, 0.5) is 4.79 Å². The number of nitrogens with zero attached hydrogens (tertiary/aromatic N) is 2. The lowest BCUT2D eigenvalue weighted by atomic mass is 9.84. The molecule has 0 aromatic heterocycles. The monoisotopic (exact) mass is 254 g/mol. The van der Waals surface area contributed by atoms with Crippen LogP contribution in [0.1, 0.15) is 32.6 Å². The summed E-state index contributed by atoms with van der Waals surface area (Å²) in [6, 6.07) is -0.0153. The Bertz CT molecular complexity index is 354. The number of aliphatic carboxylic acids is 1. The summed E-state index contributed by atoms with van der Waals surface area (Å²) in [4.78, 5) is 27.0. The first kappa shape index (κ1) is 13.2. The van der Waals surface area contributed by atoms with E-state index >= 15 is 0 Å². The summed E-state index contributed by atoms with van der Waals surface area (Å²) >= 11 is 0. The third kappa shape index (κ3) is 2.44. The third-order valence-electron chi connectivity index (χ3n) is 4.31. The highest BCUT2D eigenvalue weighted by Gasteiger charge is 2.45. The maximum absolute atomic E-state index is 12.2. The molecule has 1 aliphatic heterocycles. The fourth-order valence-corrected chi connectivity index (χ4v) is 2.66. The number of carboxylic acid groups (broad SMARTS) is 1. The molecule has 1 aliphatic carbocycles. The topological polar surface area (TPSA) is 60.9 Å². The van der Waals surface area contributed by atoms with E-state index in [2.05, 4.69) is 0 Å². The number of carbonyl (C=O) groups is 2. The van der Waals surface area contributed by atoms with Gasteiger partial charge in [-0.15, -0.1) is 0 Å². The number of likely N-dealkylation sites (tertiary alicyclic amines) is 1. The molecule has 1 heterocycles. The second-order valence-corrected chi connectivity index (χ2v) is 5.72. The van der Waals surface area contributed by atoms with Gasteiger partial charge in [-0.05, 0) is 31.6 Å². The van der Waals surface area contributed by atoms with E-state index in [4.69, 9.17) is 0 Å². The number of rotatable bonds is 4.